The number of carbonyl (C=O) groups excluding carboxylic acids is 2. The van der Waals surface area contributed by atoms with Crippen LogP contribution in [-0.4, -0.2) is 44.3 Å². The highest BCUT2D eigenvalue weighted by Crippen LogP contribution is 2.34. The van der Waals surface area contributed by atoms with E-state index < -0.39 is 36.2 Å². The summed E-state index contributed by atoms with van der Waals surface area (Å²) < 4.78 is 45.5. The van der Waals surface area contributed by atoms with Crippen LogP contribution in [0.25, 0.3) is 11.3 Å². The molecule has 1 atom stereocenters. The zero-order chi connectivity index (χ0) is 23.5. The second kappa shape index (κ2) is 9.06. The number of carbonyl (C=O) groups is 2. The Hall–Kier alpha value is -3.93. The summed E-state index contributed by atoms with van der Waals surface area (Å²) in [6, 6.07) is 5.76. The molecule has 12 heteroatoms. The first-order valence-electron chi connectivity index (χ1n) is 9.14. The number of rotatable bonds is 7. The minimum Gasteiger partial charge on any atom is -0.438 e. The monoisotopic (exact) mass is 449 g/mol. The Morgan fingerprint density at radius 3 is 2.47 bits per heavy atom. The summed E-state index contributed by atoms with van der Waals surface area (Å²) in [6.07, 6.45) is -1.70. The van der Waals surface area contributed by atoms with Gasteiger partial charge in [0.05, 0.1) is 29.0 Å². The minimum absolute atomic E-state index is 0.00591. The number of aromatic nitrogens is 3. The molecule has 0 aliphatic heterocycles. The van der Waals surface area contributed by atoms with Crippen LogP contribution in [0.3, 0.4) is 0 Å². The number of aliphatic hydroxyl groups is 1. The summed E-state index contributed by atoms with van der Waals surface area (Å²) in [4.78, 5) is 27.8. The molecule has 0 radical (unpaired) electrons. The lowest BCUT2D eigenvalue weighted by molar-refractivity contribution is -0.137. The quantitative estimate of drug-likeness (QED) is 0.505. The molecule has 4 N–H and O–H groups in total. The Bertz CT molecular complexity index is 1130. The molecule has 0 bridgehead atoms. The minimum atomic E-state index is -4.48. The number of aliphatic hydroxyl groups excluding tert-OH is 1. The second-order valence-corrected chi connectivity index (χ2v) is 6.69. The molecular weight excluding hydrogens is 431 g/mol. The maximum Gasteiger partial charge on any atom is 0.416 e. The SMILES string of the molecule is Cn1ccc(-c2cc(C(=O)N[C@H](CO)C(N)=O)cnc2Oc2ccc(C(F)(F)F)cc2)n1. The fourth-order valence-corrected chi connectivity index (χ4v) is 2.67. The predicted molar refractivity (Wildman–Crippen MR) is 105 cm³/mol. The number of hydrogen-bond donors (Lipinski definition) is 3. The number of pyridine rings is 1. The summed E-state index contributed by atoms with van der Waals surface area (Å²) in [5.74, 6) is -1.56. The number of benzene rings is 1. The van der Waals surface area contributed by atoms with Gasteiger partial charge in [-0.25, -0.2) is 4.98 Å². The molecule has 2 aromatic heterocycles. The first-order chi connectivity index (χ1) is 15.1. The van der Waals surface area contributed by atoms with Crippen molar-refractivity contribution in [2.75, 3.05) is 6.61 Å². The van der Waals surface area contributed by atoms with E-state index in [-0.39, 0.29) is 22.8 Å². The molecular formula is C20H18F3N5O4. The molecule has 0 saturated carbocycles. The van der Waals surface area contributed by atoms with Crippen molar-refractivity contribution in [3.63, 3.8) is 0 Å². The van der Waals surface area contributed by atoms with Crippen molar-refractivity contribution in [2.24, 2.45) is 12.8 Å². The molecule has 0 saturated heterocycles. The van der Waals surface area contributed by atoms with E-state index in [0.29, 0.717) is 5.69 Å². The zero-order valence-electron chi connectivity index (χ0n) is 16.6. The van der Waals surface area contributed by atoms with Crippen LogP contribution in [0.2, 0.25) is 0 Å². The van der Waals surface area contributed by atoms with E-state index in [0.717, 1.165) is 30.5 Å². The smallest absolute Gasteiger partial charge is 0.416 e. The van der Waals surface area contributed by atoms with Crippen molar-refractivity contribution < 1.29 is 32.6 Å². The molecule has 0 unspecified atom stereocenters. The van der Waals surface area contributed by atoms with Gasteiger partial charge in [-0.05, 0) is 36.4 Å². The molecule has 0 aliphatic rings. The Morgan fingerprint density at radius 2 is 1.94 bits per heavy atom. The lowest BCUT2D eigenvalue weighted by Crippen LogP contribution is -2.46. The molecule has 0 spiro atoms. The number of alkyl halides is 3. The van der Waals surface area contributed by atoms with E-state index in [1.807, 2.05) is 0 Å². The average Bonchev–Trinajstić information content (AvgIpc) is 3.17. The summed E-state index contributed by atoms with van der Waals surface area (Å²) in [7, 11) is 1.67. The number of ether oxygens (including phenoxy) is 1. The van der Waals surface area contributed by atoms with E-state index in [4.69, 9.17) is 10.5 Å². The van der Waals surface area contributed by atoms with Gasteiger partial charge in [-0.1, -0.05) is 0 Å². The molecule has 9 nitrogen and oxygen atoms in total. The van der Waals surface area contributed by atoms with Crippen LogP contribution in [0.5, 0.6) is 11.6 Å². The summed E-state index contributed by atoms with van der Waals surface area (Å²) in [5, 5.41) is 15.7. The zero-order valence-corrected chi connectivity index (χ0v) is 16.6. The highest BCUT2D eigenvalue weighted by molar-refractivity contribution is 5.98. The Kier molecular flexibility index (Phi) is 6.44. The van der Waals surface area contributed by atoms with Crippen LogP contribution in [0.15, 0.2) is 48.8 Å². The van der Waals surface area contributed by atoms with Gasteiger partial charge in [0.15, 0.2) is 0 Å². The number of nitrogens with zero attached hydrogens (tertiary/aromatic N) is 3. The van der Waals surface area contributed by atoms with E-state index in [9.17, 15) is 27.9 Å². The first-order valence-corrected chi connectivity index (χ1v) is 9.14. The topological polar surface area (TPSA) is 132 Å². The number of aryl methyl sites for hydroxylation is 1. The summed E-state index contributed by atoms with van der Waals surface area (Å²) >= 11 is 0. The van der Waals surface area contributed by atoms with E-state index in [1.54, 1.807) is 19.3 Å². The number of nitrogens with two attached hydrogens (primary N) is 1. The van der Waals surface area contributed by atoms with Gasteiger partial charge in [0.25, 0.3) is 5.91 Å². The van der Waals surface area contributed by atoms with Crippen molar-refractivity contribution in [1.29, 1.82) is 0 Å². The van der Waals surface area contributed by atoms with Crippen molar-refractivity contribution in [1.82, 2.24) is 20.1 Å². The normalized spacial score (nSPS) is 12.3. The molecule has 168 valence electrons. The highest BCUT2D eigenvalue weighted by atomic mass is 19.4. The third kappa shape index (κ3) is 5.21. The molecule has 32 heavy (non-hydrogen) atoms. The highest BCUT2D eigenvalue weighted by Gasteiger charge is 2.30. The lowest BCUT2D eigenvalue weighted by Gasteiger charge is -2.14. The van der Waals surface area contributed by atoms with E-state index in [1.165, 1.54) is 10.7 Å². The third-order valence-electron chi connectivity index (χ3n) is 4.33. The molecule has 2 heterocycles. The van der Waals surface area contributed by atoms with Crippen molar-refractivity contribution in [2.45, 2.75) is 12.2 Å². The Labute approximate surface area is 179 Å². The summed E-state index contributed by atoms with van der Waals surface area (Å²) in [6.45, 7) is -0.684. The average molecular weight is 449 g/mol. The largest absolute Gasteiger partial charge is 0.438 e. The van der Waals surface area contributed by atoms with Crippen LogP contribution in [0.1, 0.15) is 15.9 Å². The Morgan fingerprint density at radius 1 is 1.25 bits per heavy atom. The van der Waals surface area contributed by atoms with Gasteiger partial charge in [0.2, 0.25) is 11.8 Å². The van der Waals surface area contributed by atoms with Crippen LogP contribution in [-0.2, 0) is 18.0 Å². The van der Waals surface area contributed by atoms with Gasteiger partial charge in [-0.15, -0.1) is 0 Å². The third-order valence-corrected chi connectivity index (χ3v) is 4.33. The number of hydrogen-bond acceptors (Lipinski definition) is 6. The summed E-state index contributed by atoms with van der Waals surface area (Å²) in [5.41, 5.74) is 4.96. The standard InChI is InChI=1S/C20H18F3N5O4/c1-28-7-6-15(27-28)14-8-11(18(31)26-16(10-29)17(24)30)9-25-19(14)32-13-4-2-12(3-5-13)20(21,22)23/h2-9,16,29H,10H2,1H3,(H2,24,30)(H,26,31)/t16-/m1/s1. The van der Waals surface area contributed by atoms with Crippen LogP contribution in [0.4, 0.5) is 13.2 Å². The molecule has 0 fully saturated rings. The second-order valence-electron chi connectivity index (χ2n) is 6.69. The van der Waals surface area contributed by atoms with Gasteiger partial charge >= 0.3 is 6.18 Å². The molecule has 3 rings (SSSR count). The van der Waals surface area contributed by atoms with E-state index in [2.05, 4.69) is 15.4 Å². The fourth-order valence-electron chi connectivity index (χ4n) is 2.67. The van der Waals surface area contributed by atoms with Gasteiger partial charge < -0.3 is 20.9 Å². The van der Waals surface area contributed by atoms with Crippen LogP contribution in [0, 0.1) is 0 Å². The fraction of sp³-hybridized carbons (Fsp3) is 0.200. The Balaban J connectivity index is 1.94. The van der Waals surface area contributed by atoms with Gasteiger partial charge in [-0.2, -0.15) is 18.3 Å². The van der Waals surface area contributed by atoms with Crippen molar-refractivity contribution >= 4 is 11.8 Å². The van der Waals surface area contributed by atoms with Crippen molar-refractivity contribution in [3.8, 4) is 22.9 Å². The number of primary amides is 1. The number of nitrogens with one attached hydrogen (secondary N) is 1. The van der Waals surface area contributed by atoms with Crippen LogP contribution < -0.4 is 15.8 Å². The maximum atomic E-state index is 12.8. The van der Waals surface area contributed by atoms with Crippen LogP contribution >= 0.6 is 0 Å². The van der Waals surface area contributed by atoms with Crippen molar-refractivity contribution in [3.05, 3.63) is 59.9 Å². The maximum absolute atomic E-state index is 12.8. The molecule has 1 aromatic carbocycles. The molecule has 3 aromatic rings. The van der Waals surface area contributed by atoms with Gasteiger partial charge in [-0.3, -0.25) is 14.3 Å². The predicted octanol–water partition coefficient (Wildman–Crippen LogP) is 1.87. The van der Waals surface area contributed by atoms with Gasteiger partial charge in [0.1, 0.15) is 11.8 Å². The number of halogens is 3. The first kappa shape index (κ1) is 22.7. The molecule has 2 amide bonds. The van der Waals surface area contributed by atoms with E-state index >= 15 is 0 Å². The molecule has 0 aliphatic carbocycles. The number of amides is 2. The lowest BCUT2D eigenvalue weighted by atomic mass is 10.1. The van der Waals surface area contributed by atoms with Gasteiger partial charge in [0, 0.05) is 19.4 Å².